The van der Waals surface area contributed by atoms with E-state index in [9.17, 15) is 13.2 Å². The van der Waals surface area contributed by atoms with Crippen LogP contribution in [0.5, 0.6) is 0 Å². The lowest BCUT2D eigenvalue weighted by Gasteiger charge is -2.16. The molecule has 1 aromatic heterocycles. The average molecular weight is 297 g/mol. The largest absolute Gasteiger partial charge is 0.338 e. The van der Waals surface area contributed by atoms with Gasteiger partial charge in [0.05, 0.1) is 0 Å². The van der Waals surface area contributed by atoms with Gasteiger partial charge in [-0.2, -0.15) is 4.98 Å². The fourth-order valence-electron chi connectivity index (χ4n) is 2.26. The molecule has 0 aliphatic carbocycles. The lowest BCUT2D eigenvalue weighted by Crippen LogP contribution is -2.28. The fourth-order valence-corrected chi connectivity index (χ4v) is 2.26. The van der Waals surface area contributed by atoms with Crippen molar-refractivity contribution in [2.24, 2.45) is 0 Å². The molecule has 0 spiro atoms. The molecule has 1 aromatic carbocycles. The van der Waals surface area contributed by atoms with E-state index in [1.807, 2.05) is 4.90 Å². The number of nitrogens with one attached hydrogen (secondary N) is 2. The molecule has 1 fully saturated rings. The highest BCUT2D eigenvalue weighted by molar-refractivity contribution is 5.56. The van der Waals surface area contributed by atoms with Crippen molar-refractivity contribution in [3.05, 3.63) is 29.6 Å². The number of halogens is 3. The highest BCUT2D eigenvalue weighted by Gasteiger charge is 2.17. The summed E-state index contributed by atoms with van der Waals surface area (Å²) >= 11 is 0. The quantitative estimate of drug-likeness (QED) is 0.828. The van der Waals surface area contributed by atoms with E-state index >= 15 is 0 Å². The van der Waals surface area contributed by atoms with Crippen LogP contribution >= 0.6 is 0 Å². The van der Waals surface area contributed by atoms with E-state index in [1.165, 1.54) is 0 Å². The van der Waals surface area contributed by atoms with Crippen LogP contribution in [0, 0.1) is 17.5 Å². The molecule has 0 atom stereocenters. The Balaban J connectivity index is 1.87. The Hall–Kier alpha value is -2.09. The molecule has 5 nitrogen and oxygen atoms in total. The first-order valence-corrected chi connectivity index (χ1v) is 6.68. The smallest absolute Gasteiger partial charge is 0.245 e. The number of aromatic nitrogens is 3. The predicted molar refractivity (Wildman–Crippen MR) is 71.4 cm³/mol. The normalized spacial score (nSPS) is 16.0. The second-order valence-corrected chi connectivity index (χ2v) is 4.83. The number of aromatic amines is 1. The summed E-state index contributed by atoms with van der Waals surface area (Å²) in [6.45, 7) is 3.31. The summed E-state index contributed by atoms with van der Waals surface area (Å²) in [7, 11) is 0. The number of nitrogens with zero attached hydrogens (tertiary/aromatic N) is 3. The SMILES string of the molecule is Fc1cc(-c2nc(N3CCCNCC3)n[nH]2)cc(F)c1F. The first-order valence-electron chi connectivity index (χ1n) is 6.68. The number of hydrogen-bond acceptors (Lipinski definition) is 4. The van der Waals surface area contributed by atoms with Crippen LogP contribution in [0.1, 0.15) is 6.42 Å². The maximum absolute atomic E-state index is 13.2. The van der Waals surface area contributed by atoms with E-state index in [2.05, 4.69) is 20.5 Å². The number of rotatable bonds is 2. The maximum atomic E-state index is 13.2. The van der Waals surface area contributed by atoms with Crippen LogP contribution in [-0.2, 0) is 0 Å². The summed E-state index contributed by atoms with van der Waals surface area (Å²) in [6.07, 6.45) is 0.962. The fraction of sp³-hybridized carbons (Fsp3) is 0.385. The van der Waals surface area contributed by atoms with Gasteiger partial charge in [-0.25, -0.2) is 13.2 Å². The Kier molecular flexibility index (Phi) is 3.78. The van der Waals surface area contributed by atoms with E-state index in [-0.39, 0.29) is 11.4 Å². The average Bonchev–Trinajstić information content (AvgIpc) is 2.80. The van der Waals surface area contributed by atoms with Gasteiger partial charge < -0.3 is 10.2 Å². The Morgan fingerprint density at radius 1 is 1.05 bits per heavy atom. The molecule has 21 heavy (non-hydrogen) atoms. The van der Waals surface area contributed by atoms with Gasteiger partial charge in [0.1, 0.15) is 0 Å². The third-order valence-electron chi connectivity index (χ3n) is 3.35. The molecular formula is C13H14F3N5. The minimum absolute atomic E-state index is 0.123. The molecule has 0 saturated carbocycles. The molecule has 3 rings (SSSR count). The second-order valence-electron chi connectivity index (χ2n) is 4.83. The predicted octanol–water partition coefficient (Wildman–Crippen LogP) is 1.69. The van der Waals surface area contributed by atoms with Gasteiger partial charge in [0.2, 0.25) is 5.95 Å². The molecule has 112 valence electrons. The third kappa shape index (κ3) is 2.85. The molecular weight excluding hydrogens is 283 g/mol. The molecule has 0 unspecified atom stereocenters. The van der Waals surface area contributed by atoms with Crippen LogP contribution in [0.4, 0.5) is 19.1 Å². The van der Waals surface area contributed by atoms with Crippen LogP contribution < -0.4 is 10.2 Å². The molecule has 2 aromatic rings. The summed E-state index contributed by atoms with van der Waals surface area (Å²) in [5, 5.41) is 9.96. The summed E-state index contributed by atoms with van der Waals surface area (Å²) in [4.78, 5) is 6.22. The van der Waals surface area contributed by atoms with Crippen molar-refractivity contribution in [2.45, 2.75) is 6.42 Å². The van der Waals surface area contributed by atoms with Gasteiger partial charge in [-0.05, 0) is 25.1 Å². The van der Waals surface area contributed by atoms with Crippen LogP contribution in [0.3, 0.4) is 0 Å². The zero-order valence-electron chi connectivity index (χ0n) is 11.2. The van der Waals surface area contributed by atoms with Gasteiger partial charge in [-0.15, -0.1) is 5.10 Å². The Morgan fingerprint density at radius 3 is 2.57 bits per heavy atom. The molecule has 0 radical (unpaired) electrons. The summed E-state index contributed by atoms with van der Waals surface area (Å²) in [6, 6.07) is 1.79. The lowest BCUT2D eigenvalue weighted by molar-refractivity contribution is 0.447. The molecule has 2 heterocycles. The van der Waals surface area contributed by atoms with Crippen LogP contribution in [0.15, 0.2) is 12.1 Å². The second kappa shape index (κ2) is 5.72. The molecule has 2 N–H and O–H groups in total. The van der Waals surface area contributed by atoms with Crippen molar-refractivity contribution in [2.75, 3.05) is 31.1 Å². The monoisotopic (exact) mass is 297 g/mol. The van der Waals surface area contributed by atoms with Gasteiger partial charge in [-0.1, -0.05) is 0 Å². The molecule has 0 bridgehead atoms. The summed E-state index contributed by atoms with van der Waals surface area (Å²) < 4.78 is 39.4. The van der Waals surface area contributed by atoms with E-state index < -0.39 is 17.5 Å². The highest BCUT2D eigenvalue weighted by Crippen LogP contribution is 2.22. The Morgan fingerprint density at radius 2 is 1.81 bits per heavy atom. The van der Waals surface area contributed by atoms with Gasteiger partial charge in [0, 0.05) is 25.2 Å². The Labute approximate surface area is 119 Å². The van der Waals surface area contributed by atoms with Crippen molar-refractivity contribution >= 4 is 5.95 Å². The standard InChI is InChI=1S/C13H14F3N5/c14-9-6-8(7-10(15)11(9)16)12-18-13(20-19-12)21-4-1-2-17-3-5-21/h6-7,17H,1-5H2,(H,18,19,20). The van der Waals surface area contributed by atoms with Crippen molar-refractivity contribution < 1.29 is 13.2 Å². The van der Waals surface area contributed by atoms with Crippen molar-refractivity contribution in [3.63, 3.8) is 0 Å². The summed E-state index contributed by atoms with van der Waals surface area (Å²) in [5.41, 5.74) is 0.123. The first-order chi connectivity index (χ1) is 10.1. The van der Waals surface area contributed by atoms with Crippen molar-refractivity contribution in [1.29, 1.82) is 0 Å². The van der Waals surface area contributed by atoms with Crippen LogP contribution in [-0.4, -0.2) is 41.4 Å². The van der Waals surface area contributed by atoms with Crippen molar-refractivity contribution in [1.82, 2.24) is 20.5 Å². The topological polar surface area (TPSA) is 56.8 Å². The molecule has 1 saturated heterocycles. The lowest BCUT2D eigenvalue weighted by atomic mass is 10.2. The Bertz CT molecular complexity index is 611. The van der Waals surface area contributed by atoms with Gasteiger partial charge in [0.25, 0.3) is 0 Å². The molecule has 8 heteroatoms. The van der Waals surface area contributed by atoms with Gasteiger partial charge in [0.15, 0.2) is 23.3 Å². The number of anilines is 1. The molecule has 0 amide bonds. The van der Waals surface area contributed by atoms with E-state index in [4.69, 9.17) is 0 Å². The number of hydrogen-bond donors (Lipinski definition) is 2. The number of H-pyrrole nitrogens is 1. The van der Waals surface area contributed by atoms with E-state index in [0.717, 1.165) is 44.7 Å². The van der Waals surface area contributed by atoms with Gasteiger partial charge in [-0.3, -0.25) is 5.10 Å². The zero-order chi connectivity index (χ0) is 14.8. The van der Waals surface area contributed by atoms with Crippen molar-refractivity contribution in [3.8, 4) is 11.4 Å². The highest BCUT2D eigenvalue weighted by atomic mass is 19.2. The maximum Gasteiger partial charge on any atom is 0.245 e. The van der Waals surface area contributed by atoms with Crippen LogP contribution in [0.25, 0.3) is 11.4 Å². The molecule has 1 aliphatic rings. The number of benzene rings is 1. The van der Waals surface area contributed by atoms with E-state index in [1.54, 1.807) is 0 Å². The molecule has 1 aliphatic heterocycles. The first kappa shape index (κ1) is 13.9. The zero-order valence-corrected chi connectivity index (χ0v) is 11.2. The van der Waals surface area contributed by atoms with E-state index in [0.29, 0.717) is 5.95 Å². The van der Waals surface area contributed by atoms with Crippen LogP contribution in [0.2, 0.25) is 0 Å². The van der Waals surface area contributed by atoms with Gasteiger partial charge >= 0.3 is 0 Å². The minimum Gasteiger partial charge on any atom is -0.338 e. The minimum atomic E-state index is -1.49. The third-order valence-corrected chi connectivity index (χ3v) is 3.35. The summed E-state index contributed by atoms with van der Waals surface area (Å²) in [5.74, 6) is -3.31.